The van der Waals surface area contributed by atoms with Gasteiger partial charge in [0.2, 0.25) is 0 Å². The molecule has 1 aliphatic rings. The molecule has 0 unspecified atom stereocenters. The van der Waals surface area contributed by atoms with Gasteiger partial charge in [0, 0.05) is 12.2 Å². The average molecular weight is 214 g/mol. The number of rotatable bonds is 3. The summed E-state index contributed by atoms with van der Waals surface area (Å²) >= 11 is 5.66. The normalized spacial score (nSPS) is 16.4. The summed E-state index contributed by atoms with van der Waals surface area (Å²) in [6.07, 6.45) is 3.96. The molecular weight excluding hydrogens is 201 g/mol. The summed E-state index contributed by atoms with van der Waals surface area (Å²) in [5.74, 6) is 0.430. The summed E-state index contributed by atoms with van der Waals surface area (Å²) in [5, 5.41) is 3.45. The number of benzene rings is 1. The van der Waals surface area contributed by atoms with Gasteiger partial charge in [-0.05, 0) is 37.0 Å². The highest BCUT2D eigenvalue weighted by Gasteiger charge is 2.16. The molecule has 0 spiro atoms. The summed E-state index contributed by atoms with van der Waals surface area (Å²) in [6, 6.07) is 4.75. The molecule has 0 radical (unpaired) electrons. The second kappa shape index (κ2) is 4.18. The number of anilines is 1. The Morgan fingerprint density at radius 2 is 2.21 bits per heavy atom. The van der Waals surface area contributed by atoms with Crippen LogP contribution >= 0.6 is 11.6 Å². The molecule has 0 saturated heterocycles. The average Bonchev–Trinajstić information content (AvgIpc) is 2.08. The molecule has 2 rings (SSSR count). The lowest BCUT2D eigenvalue weighted by Crippen LogP contribution is -2.20. The van der Waals surface area contributed by atoms with Crippen molar-refractivity contribution in [2.45, 2.75) is 19.3 Å². The second-order valence-electron chi connectivity index (χ2n) is 3.81. The zero-order valence-corrected chi connectivity index (χ0v) is 8.65. The van der Waals surface area contributed by atoms with Gasteiger partial charge in [-0.2, -0.15) is 0 Å². The van der Waals surface area contributed by atoms with Gasteiger partial charge >= 0.3 is 0 Å². The number of halogens is 2. The number of nitrogens with one attached hydrogen (secondary N) is 1. The summed E-state index contributed by atoms with van der Waals surface area (Å²) < 4.78 is 12.8. The van der Waals surface area contributed by atoms with E-state index in [0.717, 1.165) is 18.2 Å². The molecule has 0 amide bonds. The summed E-state index contributed by atoms with van der Waals surface area (Å²) in [6.45, 7) is 0.974. The maximum absolute atomic E-state index is 12.8. The predicted molar refractivity (Wildman–Crippen MR) is 57.2 cm³/mol. The van der Waals surface area contributed by atoms with E-state index < -0.39 is 0 Å². The third-order valence-electron chi connectivity index (χ3n) is 2.74. The minimum atomic E-state index is -0.360. The van der Waals surface area contributed by atoms with E-state index in [1.54, 1.807) is 12.1 Å². The van der Waals surface area contributed by atoms with Crippen molar-refractivity contribution >= 4 is 17.3 Å². The van der Waals surface area contributed by atoms with E-state index in [-0.39, 0.29) is 10.8 Å². The Morgan fingerprint density at radius 3 is 2.79 bits per heavy atom. The highest BCUT2D eigenvalue weighted by molar-refractivity contribution is 6.31. The summed E-state index contributed by atoms with van der Waals surface area (Å²) in [5.41, 5.74) is 0.906. The third kappa shape index (κ3) is 2.18. The van der Waals surface area contributed by atoms with E-state index in [9.17, 15) is 4.39 Å². The fourth-order valence-electron chi connectivity index (χ4n) is 1.57. The smallest absolute Gasteiger partial charge is 0.141 e. The van der Waals surface area contributed by atoms with E-state index in [0.29, 0.717) is 0 Å². The first-order valence-electron chi connectivity index (χ1n) is 4.94. The van der Waals surface area contributed by atoms with Crippen LogP contribution < -0.4 is 5.32 Å². The molecule has 1 aromatic carbocycles. The van der Waals surface area contributed by atoms with Crippen molar-refractivity contribution in [3.63, 3.8) is 0 Å². The highest BCUT2D eigenvalue weighted by Crippen LogP contribution is 2.27. The second-order valence-corrected chi connectivity index (χ2v) is 4.21. The Bertz CT molecular complexity index is 323. The maximum atomic E-state index is 12.8. The molecule has 0 bridgehead atoms. The van der Waals surface area contributed by atoms with Crippen LogP contribution in [0, 0.1) is 11.7 Å². The first-order chi connectivity index (χ1) is 6.75. The quantitative estimate of drug-likeness (QED) is 0.808. The van der Waals surface area contributed by atoms with Crippen molar-refractivity contribution in [1.82, 2.24) is 0 Å². The van der Waals surface area contributed by atoms with Crippen LogP contribution in [0.5, 0.6) is 0 Å². The molecule has 1 nitrogen and oxygen atoms in total. The molecule has 1 aromatic rings. The number of hydrogen-bond donors (Lipinski definition) is 1. The lowest BCUT2D eigenvalue weighted by Gasteiger charge is -2.25. The van der Waals surface area contributed by atoms with Crippen molar-refractivity contribution in [1.29, 1.82) is 0 Å². The molecule has 76 valence electrons. The van der Waals surface area contributed by atoms with Crippen LogP contribution in [-0.4, -0.2) is 6.54 Å². The van der Waals surface area contributed by atoms with Crippen molar-refractivity contribution in [3.8, 4) is 0 Å². The van der Waals surface area contributed by atoms with Gasteiger partial charge in [-0.1, -0.05) is 18.0 Å². The molecule has 14 heavy (non-hydrogen) atoms. The first-order valence-corrected chi connectivity index (χ1v) is 5.32. The van der Waals surface area contributed by atoms with Gasteiger partial charge in [0.15, 0.2) is 0 Å². The molecule has 1 N–H and O–H groups in total. The van der Waals surface area contributed by atoms with Gasteiger partial charge < -0.3 is 5.32 Å². The van der Waals surface area contributed by atoms with E-state index in [4.69, 9.17) is 11.6 Å². The topological polar surface area (TPSA) is 12.0 Å². The van der Waals surface area contributed by atoms with Gasteiger partial charge in [-0.25, -0.2) is 4.39 Å². The fourth-order valence-corrected chi connectivity index (χ4v) is 1.75. The summed E-state index contributed by atoms with van der Waals surface area (Å²) in [7, 11) is 0. The van der Waals surface area contributed by atoms with E-state index in [1.165, 1.54) is 25.3 Å². The van der Waals surface area contributed by atoms with Crippen LogP contribution in [0.4, 0.5) is 10.1 Å². The zero-order valence-electron chi connectivity index (χ0n) is 7.89. The minimum Gasteiger partial charge on any atom is -0.385 e. The first kappa shape index (κ1) is 9.78. The molecule has 0 aliphatic heterocycles. The Balaban J connectivity index is 1.91. The fraction of sp³-hybridized carbons (Fsp3) is 0.455. The Morgan fingerprint density at radius 1 is 1.43 bits per heavy atom. The third-order valence-corrected chi connectivity index (χ3v) is 3.03. The molecular formula is C11H13ClFN. The Labute approximate surface area is 88.3 Å². The molecule has 0 aromatic heterocycles. The lowest BCUT2D eigenvalue weighted by molar-refractivity contribution is 0.333. The van der Waals surface area contributed by atoms with Crippen molar-refractivity contribution < 1.29 is 4.39 Å². The zero-order chi connectivity index (χ0) is 9.97. The molecule has 3 heteroatoms. The highest BCUT2D eigenvalue weighted by atomic mass is 35.5. The van der Waals surface area contributed by atoms with Crippen molar-refractivity contribution in [2.75, 3.05) is 11.9 Å². The van der Waals surface area contributed by atoms with Gasteiger partial charge in [0.25, 0.3) is 0 Å². The molecule has 0 heterocycles. The molecule has 1 aliphatic carbocycles. The molecule has 1 fully saturated rings. The van der Waals surface area contributed by atoms with Crippen LogP contribution in [0.3, 0.4) is 0 Å². The van der Waals surface area contributed by atoms with E-state index >= 15 is 0 Å². The van der Waals surface area contributed by atoms with Gasteiger partial charge in [-0.3, -0.25) is 0 Å². The van der Waals surface area contributed by atoms with Gasteiger partial charge in [0.05, 0.1) is 5.02 Å². The Kier molecular flexibility index (Phi) is 2.92. The van der Waals surface area contributed by atoms with Crippen LogP contribution in [0.1, 0.15) is 19.3 Å². The maximum Gasteiger partial charge on any atom is 0.141 e. The predicted octanol–water partition coefficient (Wildman–Crippen LogP) is 3.69. The lowest BCUT2D eigenvalue weighted by atomic mass is 9.85. The van der Waals surface area contributed by atoms with Crippen molar-refractivity contribution in [3.05, 3.63) is 29.0 Å². The monoisotopic (exact) mass is 213 g/mol. The van der Waals surface area contributed by atoms with Crippen LogP contribution in [0.15, 0.2) is 18.2 Å². The van der Waals surface area contributed by atoms with E-state index in [2.05, 4.69) is 5.32 Å². The SMILES string of the molecule is Fc1ccc(NCC2CCC2)cc1Cl. The van der Waals surface area contributed by atoms with Crippen LogP contribution in [-0.2, 0) is 0 Å². The number of hydrogen-bond acceptors (Lipinski definition) is 1. The standard InChI is InChI=1S/C11H13ClFN/c12-10-6-9(4-5-11(10)13)14-7-8-2-1-3-8/h4-6,8,14H,1-3,7H2. The van der Waals surface area contributed by atoms with Gasteiger partial charge in [0.1, 0.15) is 5.82 Å². The van der Waals surface area contributed by atoms with E-state index in [1.807, 2.05) is 0 Å². The van der Waals surface area contributed by atoms with Crippen LogP contribution in [0.25, 0.3) is 0 Å². The van der Waals surface area contributed by atoms with Crippen molar-refractivity contribution in [2.24, 2.45) is 5.92 Å². The largest absolute Gasteiger partial charge is 0.385 e. The van der Waals surface area contributed by atoms with Crippen LogP contribution in [0.2, 0.25) is 5.02 Å². The van der Waals surface area contributed by atoms with Gasteiger partial charge in [-0.15, -0.1) is 0 Å². The Hall–Kier alpha value is -0.760. The summed E-state index contributed by atoms with van der Waals surface area (Å²) in [4.78, 5) is 0. The molecule has 1 saturated carbocycles. The minimum absolute atomic E-state index is 0.184. The molecule has 0 atom stereocenters.